The molecule has 0 aliphatic carbocycles. The van der Waals surface area contributed by atoms with E-state index >= 15 is 0 Å². The number of para-hydroxylation sites is 1. The highest BCUT2D eigenvalue weighted by molar-refractivity contribution is 5.69. The Labute approximate surface area is 151 Å². The molecule has 0 fully saturated rings. The first-order valence-electron chi connectivity index (χ1n) is 7.97. The summed E-state index contributed by atoms with van der Waals surface area (Å²) in [4.78, 5) is 18.5. The van der Waals surface area contributed by atoms with E-state index in [-0.39, 0.29) is 12.6 Å². The molecule has 134 valence electrons. The van der Waals surface area contributed by atoms with E-state index in [2.05, 4.69) is 19.9 Å². The average molecular weight is 352 g/mol. The largest absolute Gasteiger partial charge is 0.496 e. The molecular weight excluding hydrogens is 332 g/mol. The van der Waals surface area contributed by atoms with E-state index in [0.717, 1.165) is 16.9 Å². The van der Waals surface area contributed by atoms with Gasteiger partial charge in [-0.3, -0.25) is 0 Å². The number of anilines is 2. The third-order valence-electron chi connectivity index (χ3n) is 3.59. The van der Waals surface area contributed by atoms with E-state index in [9.17, 15) is 0 Å². The molecule has 0 bridgehead atoms. The summed E-state index contributed by atoms with van der Waals surface area (Å²) < 4.78 is 11.0. The molecule has 0 saturated heterocycles. The van der Waals surface area contributed by atoms with Crippen LogP contribution in [-0.4, -0.2) is 41.1 Å². The second-order valence-corrected chi connectivity index (χ2v) is 5.68. The molecule has 2 heterocycles. The van der Waals surface area contributed by atoms with Crippen LogP contribution in [0.15, 0.2) is 42.6 Å². The van der Waals surface area contributed by atoms with E-state index in [1.807, 2.05) is 44.4 Å². The smallest absolute Gasteiger partial charge is 0.230 e. The highest BCUT2D eigenvalue weighted by Gasteiger charge is 2.09. The molecule has 0 atom stereocenters. The maximum atomic E-state index is 5.71. The minimum atomic E-state index is 0.147. The second kappa shape index (κ2) is 7.64. The molecule has 8 heteroatoms. The first-order valence-corrected chi connectivity index (χ1v) is 7.97. The van der Waals surface area contributed by atoms with Crippen LogP contribution in [-0.2, 0) is 6.61 Å². The van der Waals surface area contributed by atoms with Gasteiger partial charge in [0.15, 0.2) is 5.82 Å². The summed E-state index contributed by atoms with van der Waals surface area (Å²) in [6.45, 7) is 0.147. The molecule has 0 aliphatic heterocycles. The first-order chi connectivity index (χ1) is 12.6. The fraction of sp³-hybridized carbons (Fsp3) is 0.222. The highest BCUT2D eigenvalue weighted by atomic mass is 16.5. The number of nitrogens with zero attached hydrogens (tertiary/aromatic N) is 5. The van der Waals surface area contributed by atoms with Crippen molar-refractivity contribution in [3.63, 3.8) is 0 Å². The van der Waals surface area contributed by atoms with Gasteiger partial charge in [0.05, 0.1) is 7.11 Å². The number of methoxy groups -OCH3 is 1. The van der Waals surface area contributed by atoms with Gasteiger partial charge in [-0.2, -0.15) is 15.0 Å². The second-order valence-electron chi connectivity index (χ2n) is 5.68. The summed E-state index contributed by atoms with van der Waals surface area (Å²) in [5.74, 6) is 2.34. The molecule has 0 amide bonds. The van der Waals surface area contributed by atoms with Crippen LogP contribution in [0.1, 0.15) is 5.82 Å². The van der Waals surface area contributed by atoms with Crippen LogP contribution in [0, 0.1) is 0 Å². The summed E-state index contributed by atoms with van der Waals surface area (Å²) >= 11 is 0. The normalized spacial score (nSPS) is 10.4. The molecule has 1 aromatic carbocycles. The van der Waals surface area contributed by atoms with Crippen molar-refractivity contribution in [2.45, 2.75) is 6.61 Å². The van der Waals surface area contributed by atoms with E-state index in [0.29, 0.717) is 17.7 Å². The average Bonchev–Trinajstić information content (AvgIpc) is 2.66. The van der Waals surface area contributed by atoms with Crippen molar-refractivity contribution in [3.8, 4) is 22.8 Å². The van der Waals surface area contributed by atoms with Crippen LogP contribution in [0.4, 0.5) is 11.9 Å². The quantitative estimate of drug-likeness (QED) is 0.720. The molecule has 3 aromatic rings. The number of benzene rings is 1. The van der Waals surface area contributed by atoms with Gasteiger partial charge in [-0.25, -0.2) is 4.98 Å². The Morgan fingerprint density at radius 2 is 1.85 bits per heavy atom. The number of hydrogen-bond acceptors (Lipinski definition) is 8. The van der Waals surface area contributed by atoms with Crippen LogP contribution in [0.2, 0.25) is 0 Å². The molecule has 0 saturated carbocycles. The summed E-state index contributed by atoms with van der Waals surface area (Å²) in [7, 11) is 5.31. The SMILES string of the molecule is COc1ccccc1-c1ccc(OCc2nc(N)nc(N(C)C)n2)nc1. The number of rotatable bonds is 6. The van der Waals surface area contributed by atoms with Gasteiger partial charge in [0.1, 0.15) is 12.4 Å². The van der Waals surface area contributed by atoms with Crippen LogP contribution in [0.3, 0.4) is 0 Å². The fourth-order valence-electron chi connectivity index (χ4n) is 2.34. The van der Waals surface area contributed by atoms with Gasteiger partial charge in [0.25, 0.3) is 0 Å². The maximum Gasteiger partial charge on any atom is 0.230 e. The van der Waals surface area contributed by atoms with E-state index in [4.69, 9.17) is 15.2 Å². The van der Waals surface area contributed by atoms with Crippen LogP contribution < -0.4 is 20.1 Å². The lowest BCUT2D eigenvalue weighted by molar-refractivity contribution is 0.284. The van der Waals surface area contributed by atoms with Crippen molar-refractivity contribution in [1.29, 1.82) is 0 Å². The van der Waals surface area contributed by atoms with Gasteiger partial charge in [-0.15, -0.1) is 0 Å². The molecule has 8 nitrogen and oxygen atoms in total. The third-order valence-corrected chi connectivity index (χ3v) is 3.59. The molecule has 26 heavy (non-hydrogen) atoms. The van der Waals surface area contributed by atoms with Gasteiger partial charge in [-0.1, -0.05) is 18.2 Å². The molecule has 2 aromatic heterocycles. The molecule has 3 rings (SSSR count). The lowest BCUT2D eigenvalue weighted by Gasteiger charge is -2.12. The van der Waals surface area contributed by atoms with Crippen molar-refractivity contribution in [2.75, 3.05) is 31.8 Å². The summed E-state index contributed by atoms with van der Waals surface area (Å²) in [5.41, 5.74) is 7.61. The van der Waals surface area contributed by atoms with E-state index in [1.54, 1.807) is 24.3 Å². The summed E-state index contributed by atoms with van der Waals surface area (Å²) in [5, 5.41) is 0. The molecule has 0 spiro atoms. The zero-order valence-electron chi connectivity index (χ0n) is 14.9. The van der Waals surface area contributed by atoms with Crippen molar-refractivity contribution in [1.82, 2.24) is 19.9 Å². The number of nitrogen functional groups attached to an aromatic ring is 1. The van der Waals surface area contributed by atoms with Crippen molar-refractivity contribution >= 4 is 11.9 Å². The fourth-order valence-corrected chi connectivity index (χ4v) is 2.34. The Morgan fingerprint density at radius 3 is 2.54 bits per heavy atom. The van der Waals surface area contributed by atoms with Crippen LogP contribution in [0.25, 0.3) is 11.1 Å². The Hall–Kier alpha value is -3.42. The monoisotopic (exact) mass is 352 g/mol. The van der Waals surface area contributed by atoms with Gasteiger partial charge in [-0.05, 0) is 12.1 Å². The maximum absolute atomic E-state index is 5.71. The predicted molar refractivity (Wildman–Crippen MR) is 99.1 cm³/mol. The highest BCUT2D eigenvalue weighted by Crippen LogP contribution is 2.29. The van der Waals surface area contributed by atoms with Gasteiger partial charge >= 0.3 is 0 Å². The van der Waals surface area contributed by atoms with Crippen molar-refractivity contribution < 1.29 is 9.47 Å². The lowest BCUT2D eigenvalue weighted by Crippen LogP contribution is -2.17. The molecule has 0 unspecified atom stereocenters. The lowest BCUT2D eigenvalue weighted by atomic mass is 10.1. The molecule has 0 radical (unpaired) electrons. The predicted octanol–water partition coefficient (Wildman–Crippen LogP) is 2.17. The topological polar surface area (TPSA) is 99.3 Å². The number of nitrogens with two attached hydrogens (primary N) is 1. The zero-order valence-corrected chi connectivity index (χ0v) is 14.9. The minimum absolute atomic E-state index is 0.147. The number of hydrogen-bond donors (Lipinski definition) is 1. The first kappa shape index (κ1) is 17.4. The van der Waals surface area contributed by atoms with E-state index in [1.165, 1.54) is 0 Å². The Kier molecular flexibility index (Phi) is 5.12. The molecular formula is C18H20N6O2. The van der Waals surface area contributed by atoms with Gasteiger partial charge in [0.2, 0.25) is 17.8 Å². The van der Waals surface area contributed by atoms with Crippen molar-refractivity contribution in [2.24, 2.45) is 0 Å². The Morgan fingerprint density at radius 1 is 1.04 bits per heavy atom. The minimum Gasteiger partial charge on any atom is -0.496 e. The number of aromatic nitrogens is 4. The number of ether oxygens (including phenoxy) is 2. The third kappa shape index (κ3) is 3.97. The summed E-state index contributed by atoms with van der Waals surface area (Å²) in [6.07, 6.45) is 1.74. The standard InChI is InChI=1S/C18H20N6O2/c1-24(2)18-22-15(21-17(19)23-18)11-26-16-9-8-12(10-20-16)13-6-4-5-7-14(13)25-3/h4-10H,11H2,1-3H3,(H2,19,21,22,23). The molecule has 2 N–H and O–H groups in total. The van der Waals surface area contributed by atoms with Crippen LogP contribution in [0.5, 0.6) is 11.6 Å². The van der Waals surface area contributed by atoms with Crippen LogP contribution >= 0.6 is 0 Å². The van der Waals surface area contributed by atoms with Gasteiger partial charge < -0.3 is 20.1 Å². The molecule has 0 aliphatic rings. The van der Waals surface area contributed by atoms with Crippen molar-refractivity contribution in [3.05, 3.63) is 48.4 Å². The Balaban J connectivity index is 1.72. The zero-order chi connectivity index (χ0) is 18.5. The number of pyridine rings is 1. The Bertz CT molecular complexity index is 883. The van der Waals surface area contributed by atoms with Gasteiger partial charge in [0, 0.05) is 37.5 Å². The van der Waals surface area contributed by atoms with E-state index < -0.39 is 0 Å². The summed E-state index contributed by atoms with van der Waals surface area (Å²) in [6, 6.07) is 11.5.